The molecule has 25 heavy (non-hydrogen) atoms. The first-order valence-corrected chi connectivity index (χ1v) is 9.90. The molecule has 2 heterocycles. The van der Waals surface area contributed by atoms with Crippen molar-refractivity contribution in [3.63, 3.8) is 0 Å². The van der Waals surface area contributed by atoms with Gasteiger partial charge in [0, 0.05) is 13.1 Å². The molecule has 1 saturated heterocycles. The second-order valence-electron chi connectivity index (χ2n) is 7.87. The molecule has 0 aromatic carbocycles. The van der Waals surface area contributed by atoms with Crippen LogP contribution in [0.15, 0.2) is 29.0 Å². The SMILES string of the molecule is CC1=N[C@@H]2C=C(OCC3CCN(C(=O)OC(C)(C)C)CC3)C=C[C@H]2S1. The Kier molecular flexibility index (Phi) is 5.46. The van der Waals surface area contributed by atoms with E-state index >= 15 is 0 Å². The molecule has 0 aromatic heterocycles. The first-order valence-electron chi connectivity index (χ1n) is 9.02. The lowest BCUT2D eigenvalue weighted by atomic mass is 9.98. The van der Waals surface area contributed by atoms with E-state index in [1.165, 1.54) is 0 Å². The number of carbonyl (C=O) groups is 1. The monoisotopic (exact) mass is 364 g/mol. The van der Waals surface area contributed by atoms with Crippen molar-refractivity contribution in [2.45, 2.75) is 57.4 Å². The maximum absolute atomic E-state index is 12.1. The highest BCUT2D eigenvalue weighted by Gasteiger charge is 2.29. The van der Waals surface area contributed by atoms with Crippen LogP contribution in [0.25, 0.3) is 0 Å². The zero-order chi connectivity index (χ0) is 18.0. The van der Waals surface area contributed by atoms with Crippen LogP contribution in [-0.2, 0) is 9.47 Å². The van der Waals surface area contributed by atoms with E-state index in [0.717, 1.165) is 36.7 Å². The zero-order valence-corrected chi connectivity index (χ0v) is 16.3. The second-order valence-corrected chi connectivity index (χ2v) is 9.24. The third kappa shape index (κ3) is 5.03. The minimum Gasteiger partial charge on any atom is -0.494 e. The molecule has 3 aliphatic rings. The van der Waals surface area contributed by atoms with Crippen molar-refractivity contribution in [3.05, 3.63) is 24.0 Å². The average Bonchev–Trinajstić information content (AvgIpc) is 2.91. The van der Waals surface area contributed by atoms with Crippen LogP contribution < -0.4 is 0 Å². The van der Waals surface area contributed by atoms with Crippen molar-refractivity contribution in [2.24, 2.45) is 10.9 Å². The molecule has 6 heteroatoms. The molecule has 2 aliphatic heterocycles. The molecule has 1 amide bonds. The number of amides is 1. The van der Waals surface area contributed by atoms with Gasteiger partial charge in [-0.25, -0.2) is 4.79 Å². The number of carbonyl (C=O) groups excluding carboxylic acids is 1. The number of hydrogen-bond acceptors (Lipinski definition) is 5. The zero-order valence-electron chi connectivity index (χ0n) is 15.5. The number of rotatable bonds is 3. The van der Waals surface area contributed by atoms with Gasteiger partial charge in [-0.15, -0.1) is 11.8 Å². The normalized spacial score (nSPS) is 26.8. The molecule has 138 valence electrons. The lowest BCUT2D eigenvalue weighted by Crippen LogP contribution is -2.42. The topological polar surface area (TPSA) is 51.1 Å². The number of aliphatic imine (C=N–C) groups is 1. The first-order chi connectivity index (χ1) is 11.8. The van der Waals surface area contributed by atoms with E-state index in [1.807, 2.05) is 32.5 Å². The van der Waals surface area contributed by atoms with Crippen LogP contribution in [0.4, 0.5) is 4.79 Å². The van der Waals surface area contributed by atoms with E-state index in [4.69, 9.17) is 9.47 Å². The predicted molar refractivity (Wildman–Crippen MR) is 102 cm³/mol. The van der Waals surface area contributed by atoms with Gasteiger partial charge in [-0.3, -0.25) is 4.99 Å². The number of piperidine rings is 1. The fourth-order valence-corrected chi connectivity index (χ4v) is 4.21. The van der Waals surface area contributed by atoms with E-state index in [2.05, 4.69) is 30.1 Å². The molecule has 2 atom stereocenters. The quantitative estimate of drug-likeness (QED) is 0.759. The van der Waals surface area contributed by atoms with Gasteiger partial charge >= 0.3 is 6.09 Å². The third-order valence-corrected chi connectivity index (χ3v) is 5.67. The smallest absolute Gasteiger partial charge is 0.410 e. The highest BCUT2D eigenvalue weighted by molar-refractivity contribution is 8.14. The van der Waals surface area contributed by atoms with Gasteiger partial charge in [0.1, 0.15) is 11.4 Å². The van der Waals surface area contributed by atoms with Crippen LogP contribution >= 0.6 is 11.8 Å². The minimum absolute atomic E-state index is 0.206. The van der Waals surface area contributed by atoms with Gasteiger partial charge in [0.15, 0.2) is 0 Å². The largest absolute Gasteiger partial charge is 0.494 e. The predicted octanol–water partition coefficient (Wildman–Crippen LogP) is 4.01. The van der Waals surface area contributed by atoms with E-state index in [0.29, 0.717) is 17.8 Å². The Morgan fingerprint density at radius 1 is 1.36 bits per heavy atom. The number of thioether (sulfide) groups is 1. The van der Waals surface area contributed by atoms with Crippen molar-refractivity contribution in [1.29, 1.82) is 0 Å². The molecule has 0 saturated carbocycles. The molecular weight excluding hydrogens is 336 g/mol. The fourth-order valence-electron chi connectivity index (χ4n) is 3.20. The minimum atomic E-state index is -0.436. The maximum atomic E-state index is 12.1. The first kappa shape index (κ1) is 18.4. The summed E-state index contributed by atoms with van der Waals surface area (Å²) in [5.41, 5.74) is -0.436. The van der Waals surface area contributed by atoms with Crippen molar-refractivity contribution < 1.29 is 14.3 Å². The summed E-state index contributed by atoms with van der Waals surface area (Å²) in [7, 11) is 0. The fraction of sp³-hybridized carbons (Fsp3) is 0.684. The van der Waals surface area contributed by atoms with Crippen molar-refractivity contribution in [1.82, 2.24) is 4.90 Å². The summed E-state index contributed by atoms with van der Waals surface area (Å²) in [5.74, 6) is 1.41. The Labute approximate surface area is 154 Å². The van der Waals surface area contributed by atoms with Crippen LogP contribution in [0.3, 0.4) is 0 Å². The Morgan fingerprint density at radius 3 is 2.76 bits per heavy atom. The molecular formula is C19H28N2O3S. The van der Waals surface area contributed by atoms with Gasteiger partial charge < -0.3 is 14.4 Å². The highest BCUT2D eigenvalue weighted by atomic mass is 32.2. The second kappa shape index (κ2) is 7.44. The summed E-state index contributed by atoms with van der Waals surface area (Å²) in [5, 5.41) is 1.58. The number of allylic oxidation sites excluding steroid dienone is 1. The van der Waals surface area contributed by atoms with Crippen LogP contribution in [0.2, 0.25) is 0 Å². The molecule has 0 unspecified atom stereocenters. The summed E-state index contributed by atoms with van der Waals surface area (Å²) >= 11 is 1.82. The average molecular weight is 365 g/mol. The van der Waals surface area contributed by atoms with Crippen LogP contribution in [0.5, 0.6) is 0 Å². The Morgan fingerprint density at radius 2 is 2.08 bits per heavy atom. The summed E-state index contributed by atoms with van der Waals surface area (Å²) in [6, 6.07) is 0.221. The molecule has 1 fully saturated rings. The summed E-state index contributed by atoms with van der Waals surface area (Å²) in [6.07, 6.45) is 8.09. The summed E-state index contributed by atoms with van der Waals surface area (Å²) < 4.78 is 11.4. The van der Waals surface area contributed by atoms with Gasteiger partial charge in [0.25, 0.3) is 0 Å². The lowest BCUT2D eigenvalue weighted by Gasteiger charge is -2.33. The summed E-state index contributed by atoms with van der Waals surface area (Å²) in [4.78, 5) is 18.5. The third-order valence-electron chi connectivity index (χ3n) is 4.51. The molecule has 0 bridgehead atoms. The van der Waals surface area contributed by atoms with Crippen LogP contribution in [0.1, 0.15) is 40.5 Å². The highest BCUT2D eigenvalue weighted by Crippen LogP contribution is 2.32. The van der Waals surface area contributed by atoms with Gasteiger partial charge in [-0.05, 0) is 58.6 Å². The molecule has 1 aliphatic carbocycles. The van der Waals surface area contributed by atoms with Crippen molar-refractivity contribution in [3.8, 4) is 0 Å². The Balaban J connectivity index is 1.42. The summed E-state index contributed by atoms with van der Waals surface area (Å²) in [6.45, 7) is 9.93. The van der Waals surface area contributed by atoms with E-state index in [9.17, 15) is 4.79 Å². The number of hydrogen-bond donors (Lipinski definition) is 0. The van der Waals surface area contributed by atoms with Crippen molar-refractivity contribution in [2.75, 3.05) is 19.7 Å². The molecule has 0 spiro atoms. The number of fused-ring (bicyclic) bond motifs is 1. The van der Waals surface area contributed by atoms with Crippen LogP contribution in [0, 0.1) is 5.92 Å². The number of likely N-dealkylation sites (tertiary alicyclic amines) is 1. The molecule has 0 radical (unpaired) electrons. The van der Waals surface area contributed by atoms with Crippen LogP contribution in [-0.4, -0.2) is 52.6 Å². The van der Waals surface area contributed by atoms with Gasteiger partial charge in [0.05, 0.1) is 22.9 Å². The van der Waals surface area contributed by atoms with E-state index in [-0.39, 0.29) is 12.1 Å². The molecule has 0 aromatic rings. The lowest BCUT2D eigenvalue weighted by molar-refractivity contribution is 0.0150. The van der Waals surface area contributed by atoms with E-state index < -0.39 is 5.60 Å². The van der Waals surface area contributed by atoms with Gasteiger partial charge in [-0.1, -0.05) is 6.08 Å². The van der Waals surface area contributed by atoms with Crippen molar-refractivity contribution >= 4 is 22.9 Å². The Hall–Kier alpha value is -1.43. The molecule has 3 rings (SSSR count). The van der Waals surface area contributed by atoms with Gasteiger partial charge in [0.2, 0.25) is 0 Å². The molecule has 0 N–H and O–H groups in total. The number of ether oxygens (including phenoxy) is 2. The molecule has 5 nitrogen and oxygen atoms in total. The standard InChI is InChI=1S/C19H28N2O3S/c1-13-20-16-11-15(5-6-17(16)25-13)23-12-14-7-9-21(10-8-14)18(22)24-19(2,3)4/h5-6,11,14,16-17H,7-10,12H2,1-4H3/t16-,17-/m1/s1. The Bertz CT molecular complexity index is 598. The number of nitrogens with zero attached hydrogens (tertiary/aromatic N) is 2. The maximum Gasteiger partial charge on any atom is 0.410 e. The van der Waals surface area contributed by atoms with Gasteiger partial charge in [-0.2, -0.15) is 0 Å². The van der Waals surface area contributed by atoms with E-state index in [1.54, 1.807) is 4.90 Å².